The molecule has 0 bridgehead atoms. The number of halogens is 2. The zero-order valence-electron chi connectivity index (χ0n) is 13.7. The lowest BCUT2D eigenvalue weighted by Crippen LogP contribution is -2.45. The van der Waals surface area contributed by atoms with Crippen LogP contribution in [0.15, 0.2) is 22.7 Å². The van der Waals surface area contributed by atoms with Gasteiger partial charge in [-0.05, 0) is 54.9 Å². The summed E-state index contributed by atoms with van der Waals surface area (Å²) >= 11 is 9.22. The Morgan fingerprint density at radius 3 is 2.67 bits per heavy atom. The molecule has 1 aliphatic heterocycles. The normalized spacial score (nSPS) is 20.8. The van der Waals surface area contributed by atoms with E-state index in [2.05, 4.69) is 21.2 Å². The summed E-state index contributed by atoms with van der Waals surface area (Å²) in [7, 11) is 0. The zero-order valence-corrected chi connectivity index (χ0v) is 16.0. The molecule has 2 atom stereocenters. The number of carbonyl (C=O) groups is 2. The second-order valence-corrected chi connectivity index (χ2v) is 7.92. The van der Waals surface area contributed by atoms with Crippen molar-refractivity contribution in [3.63, 3.8) is 0 Å². The van der Waals surface area contributed by atoms with Crippen LogP contribution in [0.1, 0.15) is 27.2 Å². The van der Waals surface area contributed by atoms with Gasteiger partial charge in [0.15, 0.2) is 0 Å². The van der Waals surface area contributed by atoms with Gasteiger partial charge in [0.25, 0.3) is 0 Å². The number of nitrogens with zero attached hydrogens (tertiary/aromatic N) is 1. The summed E-state index contributed by atoms with van der Waals surface area (Å²) in [4.78, 5) is 26.0. The van der Waals surface area contributed by atoms with Crippen LogP contribution in [0.5, 0.6) is 0 Å². The zero-order chi connectivity index (χ0) is 18.1. The van der Waals surface area contributed by atoms with Crippen molar-refractivity contribution in [2.24, 2.45) is 0 Å². The fourth-order valence-corrected chi connectivity index (χ4v) is 2.88. The van der Waals surface area contributed by atoms with Gasteiger partial charge < -0.3 is 15.2 Å². The number of aliphatic hydroxyl groups excluding tert-OH is 1. The third kappa shape index (κ3) is 4.84. The Labute approximate surface area is 154 Å². The maximum atomic E-state index is 12.5. The van der Waals surface area contributed by atoms with Crippen molar-refractivity contribution < 1.29 is 19.4 Å². The molecule has 1 fully saturated rings. The molecule has 0 radical (unpaired) electrons. The lowest BCUT2D eigenvalue weighted by atomic mass is 10.2. The van der Waals surface area contributed by atoms with Crippen molar-refractivity contribution in [1.29, 1.82) is 0 Å². The van der Waals surface area contributed by atoms with E-state index in [-0.39, 0.29) is 18.9 Å². The number of benzene rings is 1. The number of hydrogen-bond acceptors (Lipinski definition) is 4. The first kappa shape index (κ1) is 19.0. The van der Waals surface area contributed by atoms with Crippen LogP contribution in [0.25, 0.3) is 0 Å². The highest BCUT2D eigenvalue weighted by atomic mass is 79.9. The van der Waals surface area contributed by atoms with Gasteiger partial charge >= 0.3 is 6.09 Å². The number of likely N-dealkylation sites (tertiary alicyclic amines) is 1. The monoisotopic (exact) mass is 418 g/mol. The van der Waals surface area contributed by atoms with E-state index in [0.717, 1.165) is 0 Å². The molecule has 0 aliphatic carbocycles. The van der Waals surface area contributed by atoms with Crippen molar-refractivity contribution in [2.75, 3.05) is 11.9 Å². The molecule has 1 aliphatic rings. The topological polar surface area (TPSA) is 78.9 Å². The standard InChI is InChI=1S/C16H20BrClN2O4/c1-16(2,3)24-15(23)20-8-10(21)7-13(20)14(22)19-9-4-5-12(18)11(17)6-9/h4-6,10,13,21H,7-8H2,1-3H3,(H,19,22)/t10-,13+/m1/s1. The quantitative estimate of drug-likeness (QED) is 0.770. The highest BCUT2D eigenvalue weighted by molar-refractivity contribution is 9.10. The minimum absolute atomic E-state index is 0.0668. The molecular weight excluding hydrogens is 400 g/mol. The number of anilines is 1. The number of carbonyl (C=O) groups excluding carboxylic acids is 2. The minimum atomic E-state index is -0.788. The van der Waals surface area contributed by atoms with Crippen LogP contribution in [0.2, 0.25) is 5.02 Å². The minimum Gasteiger partial charge on any atom is -0.444 e. The smallest absolute Gasteiger partial charge is 0.411 e. The van der Waals surface area contributed by atoms with Crippen LogP contribution in [0.3, 0.4) is 0 Å². The van der Waals surface area contributed by atoms with E-state index >= 15 is 0 Å². The Hall–Kier alpha value is -1.31. The maximum Gasteiger partial charge on any atom is 0.411 e. The lowest BCUT2D eigenvalue weighted by molar-refractivity contribution is -0.120. The molecule has 0 saturated carbocycles. The third-order valence-electron chi connectivity index (χ3n) is 3.40. The van der Waals surface area contributed by atoms with Crippen LogP contribution in [0, 0.1) is 0 Å². The first-order valence-corrected chi connectivity index (χ1v) is 8.67. The van der Waals surface area contributed by atoms with E-state index in [4.69, 9.17) is 16.3 Å². The number of amides is 2. The number of rotatable bonds is 2. The second-order valence-electron chi connectivity index (χ2n) is 6.66. The molecule has 132 valence electrons. The molecule has 0 unspecified atom stereocenters. The SMILES string of the molecule is CC(C)(C)OC(=O)N1C[C@H](O)C[C@H]1C(=O)Nc1ccc(Cl)c(Br)c1. The highest BCUT2D eigenvalue weighted by Crippen LogP contribution is 2.27. The van der Waals surface area contributed by atoms with Crippen molar-refractivity contribution in [3.05, 3.63) is 27.7 Å². The molecule has 1 aromatic rings. The van der Waals surface area contributed by atoms with Crippen molar-refractivity contribution in [3.8, 4) is 0 Å². The number of aliphatic hydroxyl groups is 1. The number of hydrogen-bond donors (Lipinski definition) is 2. The van der Waals surface area contributed by atoms with Crippen LogP contribution in [0.4, 0.5) is 10.5 Å². The van der Waals surface area contributed by atoms with E-state index in [0.29, 0.717) is 15.2 Å². The summed E-state index contributed by atoms with van der Waals surface area (Å²) in [5.41, 5.74) is -0.131. The molecule has 0 spiro atoms. The average Bonchev–Trinajstić information content (AvgIpc) is 2.83. The second kappa shape index (κ2) is 7.29. The summed E-state index contributed by atoms with van der Waals surface area (Å²) < 4.78 is 5.96. The first-order chi connectivity index (χ1) is 11.1. The van der Waals surface area contributed by atoms with Gasteiger partial charge in [-0.25, -0.2) is 4.79 Å². The number of nitrogens with one attached hydrogen (secondary N) is 1. The number of β-amino-alcohol motifs (C(OH)–C–C–N with tert-alkyl or cyclic N) is 1. The highest BCUT2D eigenvalue weighted by Gasteiger charge is 2.40. The predicted molar refractivity (Wildman–Crippen MR) is 95.1 cm³/mol. The van der Waals surface area contributed by atoms with Gasteiger partial charge in [0.05, 0.1) is 17.7 Å². The van der Waals surface area contributed by atoms with Gasteiger partial charge in [-0.15, -0.1) is 0 Å². The van der Waals surface area contributed by atoms with Gasteiger partial charge in [-0.2, -0.15) is 0 Å². The van der Waals surface area contributed by atoms with E-state index in [9.17, 15) is 14.7 Å². The molecule has 1 aromatic carbocycles. The lowest BCUT2D eigenvalue weighted by Gasteiger charge is -2.27. The van der Waals surface area contributed by atoms with Gasteiger partial charge in [0, 0.05) is 16.6 Å². The largest absolute Gasteiger partial charge is 0.444 e. The van der Waals surface area contributed by atoms with Crippen molar-refractivity contribution >= 4 is 45.2 Å². The third-order valence-corrected chi connectivity index (χ3v) is 4.61. The average molecular weight is 420 g/mol. The summed E-state index contributed by atoms with van der Waals surface area (Å²) in [6, 6.07) is 4.19. The van der Waals surface area contributed by atoms with Crippen LogP contribution in [-0.4, -0.2) is 46.3 Å². The van der Waals surface area contributed by atoms with Crippen LogP contribution < -0.4 is 5.32 Å². The fraction of sp³-hybridized carbons (Fsp3) is 0.500. The summed E-state index contributed by atoms with van der Waals surface area (Å²) in [5.74, 6) is -0.383. The van der Waals surface area contributed by atoms with Crippen molar-refractivity contribution in [2.45, 2.75) is 44.9 Å². The molecule has 1 saturated heterocycles. The molecule has 2 amide bonds. The molecule has 8 heteroatoms. The van der Waals surface area contributed by atoms with Crippen LogP contribution >= 0.6 is 27.5 Å². The van der Waals surface area contributed by atoms with E-state index in [1.807, 2.05) is 0 Å². The Kier molecular flexibility index (Phi) is 5.78. The van der Waals surface area contributed by atoms with Gasteiger partial charge in [-0.1, -0.05) is 11.6 Å². The molecule has 1 heterocycles. The van der Waals surface area contributed by atoms with E-state index in [1.165, 1.54) is 4.90 Å². The van der Waals surface area contributed by atoms with Crippen molar-refractivity contribution in [1.82, 2.24) is 4.90 Å². The maximum absolute atomic E-state index is 12.5. The van der Waals surface area contributed by atoms with Gasteiger partial charge in [0.2, 0.25) is 5.91 Å². The van der Waals surface area contributed by atoms with E-state index in [1.54, 1.807) is 39.0 Å². The summed E-state index contributed by atoms with van der Waals surface area (Å²) in [6.07, 6.45) is -1.21. The summed E-state index contributed by atoms with van der Waals surface area (Å²) in [6.45, 7) is 5.31. The van der Waals surface area contributed by atoms with Gasteiger partial charge in [0.1, 0.15) is 11.6 Å². The summed E-state index contributed by atoms with van der Waals surface area (Å²) in [5, 5.41) is 13.1. The molecular formula is C16H20BrClN2O4. The molecule has 24 heavy (non-hydrogen) atoms. The first-order valence-electron chi connectivity index (χ1n) is 7.50. The predicted octanol–water partition coefficient (Wildman–Crippen LogP) is 3.41. The Morgan fingerprint density at radius 1 is 1.42 bits per heavy atom. The fourth-order valence-electron chi connectivity index (χ4n) is 2.38. The Morgan fingerprint density at radius 2 is 2.08 bits per heavy atom. The number of ether oxygens (including phenoxy) is 1. The Balaban J connectivity index is 2.10. The molecule has 2 rings (SSSR count). The Bertz CT molecular complexity index is 647. The molecule has 0 aromatic heterocycles. The molecule has 6 nitrogen and oxygen atoms in total. The molecule has 2 N–H and O–H groups in total. The van der Waals surface area contributed by atoms with Crippen LogP contribution in [-0.2, 0) is 9.53 Å². The van der Waals surface area contributed by atoms with E-state index < -0.39 is 23.8 Å². The van der Waals surface area contributed by atoms with Gasteiger partial charge in [-0.3, -0.25) is 9.69 Å².